The lowest BCUT2D eigenvalue weighted by molar-refractivity contribution is -0.188. The highest BCUT2D eigenvalue weighted by Crippen LogP contribution is 2.52. The quantitative estimate of drug-likeness (QED) is 0.346. The molecule has 180 valence electrons. The van der Waals surface area contributed by atoms with Crippen molar-refractivity contribution in [2.45, 2.75) is 57.5 Å². The summed E-state index contributed by atoms with van der Waals surface area (Å²) in [7, 11) is 3.46. The first kappa shape index (κ1) is 24.3. The molecule has 34 heavy (non-hydrogen) atoms. The van der Waals surface area contributed by atoms with Gasteiger partial charge in [-0.2, -0.15) is 0 Å². The monoisotopic (exact) mass is 460 g/mol. The van der Waals surface area contributed by atoms with Crippen LogP contribution in [0.25, 0.3) is 0 Å². The fourth-order valence-corrected chi connectivity index (χ4v) is 4.73. The predicted molar refractivity (Wildman–Crippen MR) is 135 cm³/mol. The Labute approximate surface area is 203 Å². The Morgan fingerprint density at radius 3 is 2.06 bits per heavy atom. The molecule has 0 saturated carbocycles. The number of para-hydroxylation sites is 1. The molecule has 1 heterocycles. The van der Waals surface area contributed by atoms with Crippen LogP contribution in [0.2, 0.25) is 0 Å². The van der Waals surface area contributed by atoms with Crippen LogP contribution in [0.5, 0.6) is 11.5 Å². The first-order chi connectivity index (χ1) is 16.4. The Bertz CT molecular complexity index is 1020. The maximum atomic E-state index is 7.03. The molecule has 0 aromatic heterocycles. The molecule has 0 N–H and O–H groups in total. The van der Waals surface area contributed by atoms with Crippen LogP contribution in [-0.2, 0) is 15.1 Å². The maximum absolute atomic E-state index is 7.03. The standard InChI is InChI=1S/C30H36O4/c1-22(14-13-21-29(2,3)32-5)28-33-27-25(19-12-20-26(27)31-4)30(34-28,23-15-8-6-9-16-23)24-17-10-7-11-18-24/h6-12,15-20,22,28H,13-14,21H2,1-5H3. The highest BCUT2D eigenvalue weighted by atomic mass is 16.7. The van der Waals surface area contributed by atoms with Crippen LogP contribution in [0.3, 0.4) is 0 Å². The maximum Gasteiger partial charge on any atom is 0.204 e. The van der Waals surface area contributed by atoms with Gasteiger partial charge in [0.05, 0.1) is 12.7 Å². The molecule has 1 aliphatic heterocycles. The van der Waals surface area contributed by atoms with E-state index in [0.717, 1.165) is 47.5 Å². The van der Waals surface area contributed by atoms with Crippen molar-refractivity contribution in [3.05, 3.63) is 95.6 Å². The van der Waals surface area contributed by atoms with Crippen molar-refractivity contribution < 1.29 is 18.9 Å². The van der Waals surface area contributed by atoms with Gasteiger partial charge in [0.25, 0.3) is 0 Å². The van der Waals surface area contributed by atoms with Crippen LogP contribution >= 0.6 is 0 Å². The molecule has 0 radical (unpaired) electrons. The summed E-state index contributed by atoms with van der Waals surface area (Å²) in [5, 5.41) is 0. The minimum Gasteiger partial charge on any atom is -0.493 e. The van der Waals surface area contributed by atoms with E-state index in [9.17, 15) is 0 Å². The van der Waals surface area contributed by atoms with E-state index in [1.54, 1.807) is 14.2 Å². The molecular formula is C30H36O4. The highest BCUT2D eigenvalue weighted by molar-refractivity contribution is 5.58. The summed E-state index contributed by atoms with van der Waals surface area (Å²) in [5.74, 6) is 1.63. The van der Waals surface area contributed by atoms with E-state index < -0.39 is 11.9 Å². The summed E-state index contributed by atoms with van der Waals surface area (Å²) < 4.78 is 24.9. The average Bonchev–Trinajstić information content (AvgIpc) is 2.88. The molecule has 0 spiro atoms. The second-order valence-electron chi connectivity index (χ2n) is 9.69. The zero-order chi connectivity index (χ0) is 24.2. The average molecular weight is 461 g/mol. The predicted octanol–water partition coefficient (Wildman–Crippen LogP) is 6.95. The van der Waals surface area contributed by atoms with Gasteiger partial charge in [0.1, 0.15) is 0 Å². The fraction of sp³-hybridized carbons (Fsp3) is 0.400. The summed E-state index contributed by atoms with van der Waals surface area (Å²) >= 11 is 0. The van der Waals surface area contributed by atoms with Crippen LogP contribution in [0.4, 0.5) is 0 Å². The van der Waals surface area contributed by atoms with E-state index in [1.165, 1.54) is 0 Å². The molecule has 0 fully saturated rings. The number of fused-ring (bicyclic) bond motifs is 1. The Kier molecular flexibility index (Phi) is 7.30. The molecule has 1 aliphatic rings. The smallest absolute Gasteiger partial charge is 0.204 e. The first-order valence-electron chi connectivity index (χ1n) is 12.1. The van der Waals surface area contributed by atoms with Gasteiger partial charge < -0.3 is 18.9 Å². The minimum absolute atomic E-state index is 0.137. The molecule has 2 unspecified atom stereocenters. The molecule has 3 aromatic rings. The van der Waals surface area contributed by atoms with E-state index in [0.29, 0.717) is 0 Å². The molecule has 0 bridgehead atoms. The third kappa shape index (κ3) is 4.70. The zero-order valence-corrected chi connectivity index (χ0v) is 20.9. The zero-order valence-electron chi connectivity index (χ0n) is 20.9. The summed E-state index contributed by atoms with van der Waals surface area (Å²) in [6.45, 7) is 6.45. The Hall–Kier alpha value is -2.82. The van der Waals surface area contributed by atoms with Crippen LogP contribution < -0.4 is 9.47 Å². The van der Waals surface area contributed by atoms with Crippen LogP contribution in [0, 0.1) is 5.92 Å². The third-order valence-corrected chi connectivity index (χ3v) is 6.92. The number of hydrogen-bond donors (Lipinski definition) is 0. The van der Waals surface area contributed by atoms with Gasteiger partial charge in [0, 0.05) is 18.6 Å². The van der Waals surface area contributed by atoms with Gasteiger partial charge in [-0.25, -0.2) is 0 Å². The van der Waals surface area contributed by atoms with Crippen molar-refractivity contribution in [1.82, 2.24) is 0 Å². The molecule has 0 aliphatic carbocycles. The molecule has 3 aromatic carbocycles. The van der Waals surface area contributed by atoms with Gasteiger partial charge in [-0.05, 0) is 43.9 Å². The second-order valence-corrected chi connectivity index (χ2v) is 9.69. The van der Waals surface area contributed by atoms with Crippen molar-refractivity contribution in [2.75, 3.05) is 14.2 Å². The van der Waals surface area contributed by atoms with Crippen molar-refractivity contribution in [1.29, 1.82) is 0 Å². The third-order valence-electron chi connectivity index (χ3n) is 6.92. The fourth-order valence-electron chi connectivity index (χ4n) is 4.73. The summed E-state index contributed by atoms with van der Waals surface area (Å²) in [6, 6.07) is 26.9. The lowest BCUT2D eigenvalue weighted by Gasteiger charge is -2.45. The number of hydrogen-bond acceptors (Lipinski definition) is 4. The van der Waals surface area contributed by atoms with Crippen molar-refractivity contribution >= 4 is 0 Å². The number of rotatable bonds is 9. The molecule has 2 atom stereocenters. The van der Waals surface area contributed by atoms with E-state index in [1.807, 2.05) is 24.3 Å². The number of methoxy groups -OCH3 is 2. The van der Waals surface area contributed by atoms with E-state index >= 15 is 0 Å². The molecule has 0 amide bonds. The molecule has 4 heteroatoms. The van der Waals surface area contributed by atoms with Crippen LogP contribution in [0.1, 0.15) is 56.7 Å². The largest absolute Gasteiger partial charge is 0.493 e. The first-order valence-corrected chi connectivity index (χ1v) is 12.1. The molecule has 4 nitrogen and oxygen atoms in total. The number of ether oxygens (including phenoxy) is 4. The lowest BCUT2D eigenvalue weighted by atomic mass is 9.78. The molecule has 4 rings (SSSR count). The topological polar surface area (TPSA) is 36.9 Å². The molecule has 0 saturated heterocycles. The van der Waals surface area contributed by atoms with Gasteiger partial charge in [0.15, 0.2) is 17.1 Å². The Morgan fingerprint density at radius 1 is 0.882 bits per heavy atom. The Morgan fingerprint density at radius 2 is 1.50 bits per heavy atom. The normalized spacial score (nSPS) is 18.0. The van der Waals surface area contributed by atoms with Crippen LogP contribution in [-0.4, -0.2) is 26.1 Å². The van der Waals surface area contributed by atoms with Gasteiger partial charge in [-0.1, -0.05) is 86.1 Å². The van der Waals surface area contributed by atoms with E-state index in [2.05, 4.69) is 75.4 Å². The summed E-state index contributed by atoms with van der Waals surface area (Å²) in [4.78, 5) is 0. The van der Waals surface area contributed by atoms with Gasteiger partial charge in [-0.15, -0.1) is 0 Å². The van der Waals surface area contributed by atoms with E-state index in [-0.39, 0.29) is 11.5 Å². The minimum atomic E-state index is -0.810. The molecular weight excluding hydrogens is 424 g/mol. The lowest BCUT2D eigenvalue weighted by Crippen LogP contribution is -2.46. The van der Waals surface area contributed by atoms with Gasteiger partial charge in [-0.3, -0.25) is 0 Å². The van der Waals surface area contributed by atoms with Crippen molar-refractivity contribution in [2.24, 2.45) is 5.92 Å². The number of benzene rings is 3. The highest BCUT2D eigenvalue weighted by Gasteiger charge is 2.48. The SMILES string of the molecule is COc1cccc2c1OC(C(C)CCCC(C)(C)OC)OC2(c1ccccc1)c1ccccc1. The van der Waals surface area contributed by atoms with Gasteiger partial charge in [0.2, 0.25) is 6.29 Å². The Balaban J connectivity index is 1.79. The van der Waals surface area contributed by atoms with Gasteiger partial charge >= 0.3 is 0 Å². The summed E-state index contributed by atoms with van der Waals surface area (Å²) in [6.07, 6.45) is 2.52. The van der Waals surface area contributed by atoms with E-state index in [4.69, 9.17) is 18.9 Å². The van der Waals surface area contributed by atoms with Crippen molar-refractivity contribution in [3.8, 4) is 11.5 Å². The van der Waals surface area contributed by atoms with Crippen molar-refractivity contribution in [3.63, 3.8) is 0 Å². The van der Waals surface area contributed by atoms with Crippen LogP contribution in [0.15, 0.2) is 78.9 Å². The summed E-state index contributed by atoms with van der Waals surface area (Å²) in [5.41, 5.74) is 2.14. The second kappa shape index (κ2) is 10.2.